The number of furan rings is 1. The summed E-state index contributed by atoms with van der Waals surface area (Å²) in [7, 11) is 0. The third kappa shape index (κ3) is 5.17. The third-order valence-corrected chi connectivity index (χ3v) is 5.15. The Balaban J connectivity index is 1.61. The number of hydrogen-bond donors (Lipinski definition) is 2. The van der Waals surface area contributed by atoms with Crippen molar-refractivity contribution in [2.45, 2.75) is 6.54 Å². The van der Waals surface area contributed by atoms with Crippen molar-refractivity contribution in [1.82, 2.24) is 10.3 Å². The summed E-state index contributed by atoms with van der Waals surface area (Å²) in [6.45, 7) is 0.329. The zero-order chi connectivity index (χ0) is 22.5. The van der Waals surface area contributed by atoms with Gasteiger partial charge in [-0.15, -0.1) is 0 Å². The van der Waals surface area contributed by atoms with Crippen LogP contribution in [0.25, 0.3) is 22.4 Å². The molecule has 1 amide bonds. The van der Waals surface area contributed by atoms with Crippen molar-refractivity contribution in [3.63, 3.8) is 0 Å². The number of nitrogens with zero attached hydrogens (tertiary/aromatic N) is 2. The van der Waals surface area contributed by atoms with Gasteiger partial charge in [-0.25, -0.2) is 0 Å². The molecule has 0 fully saturated rings. The van der Waals surface area contributed by atoms with Crippen molar-refractivity contribution in [3.05, 3.63) is 101 Å². The van der Waals surface area contributed by atoms with Crippen LogP contribution in [0, 0.1) is 0 Å². The van der Waals surface area contributed by atoms with E-state index < -0.39 is 5.91 Å². The number of aromatic nitrogens is 1. The topological polar surface area (TPSA) is 93.5 Å². The lowest BCUT2D eigenvalue weighted by Crippen LogP contribution is -2.32. The van der Waals surface area contributed by atoms with Gasteiger partial charge in [-0.3, -0.25) is 9.78 Å². The predicted molar refractivity (Wildman–Crippen MR) is 127 cm³/mol. The van der Waals surface area contributed by atoms with Gasteiger partial charge in [0, 0.05) is 33.9 Å². The van der Waals surface area contributed by atoms with Gasteiger partial charge >= 0.3 is 5.91 Å². The Kier molecular flexibility index (Phi) is 6.54. The van der Waals surface area contributed by atoms with E-state index in [0.717, 1.165) is 27.9 Å². The lowest BCUT2D eigenvalue weighted by atomic mass is 9.98. The van der Waals surface area contributed by atoms with E-state index in [1.165, 1.54) is 12.3 Å². The fraction of sp³-hybridized carbons (Fsp3) is 0.0417. The first-order chi connectivity index (χ1) is 15.5. The average Bonchev–Trinajstić information content (AvgIpc) is 3.34. The number of benzene rings is 2. The Morgan fingerprint density at radius 2 is 1.66 bits per heavy atom. The van der Waals surface area contributed by atoms with Gasteiger partial charge in [0.05, 0.1) is 12.0 Å². The van der Waals surface area contributed by atoms with E-state index in [-0.39, 0.29) is 11.7 Å². The van der Waals surface area contributed by atoms with Crippen LogP contribution in [0.5, 0.6) is 0 Å². The van der Waals surface area contributed by atoms with E-state index >= 15 is 0 Å². The number of nitrogens with one attached hydrogen (secondary N) is 1. The minimum Gasteiger partial charge on any atom is -0.459 e. The maximum absolute atomic E-state index is 12.0. The highest BCUT2D eigenvalue weighted by Gasteiger charge is 2.12. The second kappa shape index (κ2) is 9.68. The lowest BCUT2D eigenvalue weighted by Gasteiger charge is -2.13. The molecule has 0 saturated carbocycles. The standard InChI is InChI=1S/C24H18Cl2N4O2/c25-18-7-3-16(4-8-18)20-12-15(13-28-22(20)17-5-9-19(26)10-6-17)14-29-24(27)30-23(31)21-2-1-11-32-21/h1-13H,14H2,(H3,27,29,30,31). The number of hydrogen-bond acceptors (Lipinski definition) is 3. The summed E-state index contributed by atoms with van der Waals surface area (Å²) in [5.41, 5.74) is 10.3. The van der Waals surface area contributed by atoms with Gasteiger partial charge in [0.1, 0.15) is 0 Å². The van der Waals surface area contributed by atoms with E-state index in [4.69, 9.17) is 33.4 Å². The summed E-state index contributed by atoms with van der Waals surface area (Å²) in [4.78, 5) is 20.5. The summed E-state index contributed by atoms with van der Waals surface area (Å²) >= 11 is 12.1. The predicted octanol–water partition coefficient (Wildman–Crippen LogP) is 5.56. The van der Waals surface area contributed by atoms with Gasteiger partial charge in [0.2, 0.25) is 0 Å². The molecule has 0 spiro atoms. The molecule has 4 aromatic rings. The molecule has 0 aliphatic carbocycles. The molecule has 0 atom stereocenters. The molecule has 2 aromatic carbocycles. The van der Waals surface area contributed by atoms with Gasteiger partial charge in [-0.05, 0) is 53.6 Å². The molecule has 0 aliphatic rings. The summed E-state index contributed by atoms with van der Waals surface area (Å²) in [6.07, 6.45) is 3.15. The smallest absolute Gasteiger partial charge is 0.315 e. The molecular weight excluding hydrogens is 447 g/mol. The van der Waals surface area contributed by atoms with Crippen LogP contribution < -0.4 is 11.1 Å². The van der Waals surface area contributed by atoms with Crippen LogP contribution in [0.2, 0.25) is 10.0 Å². The first-order valence-electron chi connectivity index (χ1n) is 9.66. The van der Waals surface area contributed by atoms with Crippen LogP contribution in [-0.2, 0) is 6.54 Å². The van der Waals surface area contributed by atoms with Crippen LogP contribution in [0.15, 0.2) is 88.6 Å². The fourth-order valence-electron chi connectivity index (χ4n) is 3.09. The average molecular weight is 465 g/mol. The molecule has 0 bridgehead atoms. The molecule has 6 nitrogen and oxygen atoms in total. The molecular formula is C24H18Cl2N4O2. The number of amides is 1. The maximum Gasteiger partial charge on any atom is 0.315 e. The van der Waals surface area contributed by atoms with Crippen molar-refractivity contribution < 1.29 is 9.21 Å². The highest BCUT2D eigenvalue weighted by atomic mass is 35.5. The largest absolute Gasteiger partial charge is 0.459 e. The number of nitrogens with two attached hydrogens (primary N) is 1. The number of guanidine groups is 1. The van der Waals surface area contributed by atoms with Gasteiger partial charge in [0.25, 0.3) is 0 Å². The summed E-state index contributed by atoms with van der Waals surface area (Å²) < 4.78 is 5.03. The normalized spacial score (nSPS) is 11.4. The monoisotopic (exact) mass is 464 g/mol. The van der Waals surface area contributed by atoms with Crippen molar-refractivity contribution in [2.24, 2.45) is 10.7 Å². The number of aliphatic imine (C=N–C) groups is 1. The van der Waals surface area contributed by atoms with Crippen molar-refractivity contribution in [3.8, 4) is 22.4 Å². The minimum atomic E-state index is -0.557. The third-order valence-electron chi connectivity index (χ3n) is 4.64. The SMILES string of the molecule is NC(=NC(=O)c1ccco1)NCc1cnc(-c2ccc(Cl)cc2)c(-c2ccc(Cl)cc2)c1. The Hall–Kier alpha value is -3.61. The zero-order valence-corrected chi connectivity index (χ0v) is 18.3. The fourth-order valence-corrected chi connectivity index (χ4v) is 3.34. The number of halogens is 2. The number of pyridine rings is 1. The second-order valence-corrected chi connectivity index (χ2v) is 7.76. The van der Waals surface area contributed by atoms with Gasteiger partial charge in [-0.2, -0.15) is 4.99 Å². The lowest BCUT2D eigenvalue weighted by molar-refractivity contribution is 0.0976. The first-order valence-corrected chi connectivity index (χ1v) is 10.4. The van der Waals surface area contributed by atoms with Crippen LogP contribution in [0.3, 0.4) is 0 Å². The molecule has 0 unspecified atom stereocenters. The Morgan fingerprint density at radius 1 is 1.00 bits per heavy atom. The number of carbonyl (C=O) groups excluding carboxylic acids is 1. The molecule has 8 heteroatoms. The van der Waals surface area contributed by atoms with Crippen molar-refractivity contribution in [1.29, 1.82) is 0 Å². The van der Waals surface area contributed by atoms with Crippen LogP contribution in [0.4, 0.5) is 0 Å². The highest BCUT2D eigenvalue weighted by Crippen LogP contribution is 2.32. The zero-order valence-electron chi connectivity index (χ0n) is 16.8. The molecule has 3 N–H and O–H groups in total. The highest BCUT2D eigenvalue weighted by molar-refractivity contribution is 6.31. The molecule has 2 heterocycles. The van der Waals surface area contributed by atoms with Crippen molar-refractivity contribution in [2.75, 3.05) is 0 Å². The molecule has 0 aliphatic heterocycles. The molecule has 2 aromatic heterocycles. The first kappa shape index (κ1) is 21.6. The van der Waals surface area contributed by atoms with E-state index in [2.05, 4.69) is 15.3 Å². The van der Waals surface area contributed by atoms with Crippen LogP contribution >= 0.6 is 23.2 Å². The van der Waals surface area contributed by atoms with Gasteiger partial charge in [0.15, 0.2) is 11.7 Å². The summed E-state index contributed by atoms with van der Waals surface area (Å²) in [6, 6.07) is 20.2. The summed E-state index contributed by atoms with van der Waals surface area (Å²) in [5.74, 6) is -0.451. The Bertz CT molecular complexity index is 1250. The summed E-state index contributed by atoms with van der Waals surface area (Å²) in [5, 5.41) is 4.24. The van der Waals surface area contributed by atoms with Crippen LogP contribution in [-0.4, -0.2) is 16.9 Å². The van der Waals surface area contributed by atoms with E-state index in [1.807, 2.05) is 54.6 Å². The van der Waals surface area contributed by atoms with Gasteiger partial charge in [-0.1, -0.05) is 47.5 Å². The Labute approximate surface area is 194 Å². The Morgan fingerprint density at radius 3 is 2.28 bits per heavy atom. The molecule has 0 radical (unpaired) electrons. The van der Waals surface area contributed by atoms with Gasteiger partial charge < -0.3 is 15.5 Å². The number of rotatable bonds is 5. The molecule has 4 rings (SSSR count). The van der Waals surface area contributed by atoms with E-state index in [1.54, 1.807) is 12.3 Å². The second-order valence-electron chi connectivity index (χ2n) is 6.89. The molecule has 32 heavy (non-hydrogen) atoms. The maximum atomic E-state index is 12.0. The van der Waals surface area contributed by atoms with Crippen LogP contribution in [0.1, 0.15) is 16.1 Å². The molecule has 0 saturated heterocycles. The van der Waals surface area contributed by atoms with Crippen molar-refractivity contribution >= 4 is 35.1 Å². The van der Waals surface area contributed by atoms with E-state index in [9.17, 15) is 4.79 Å². The minimum absolute atomic E-state index is 0.0128. The quantitative estimate of drug-likeness (QED) is 0.297. The molecule has 160 valence electrons. The van der Waals surface area contributed by atoms with E-state index in [0.29, 0.717) is 16.6 Å². The number of carbonyl (C=O) groups is 1.